The Morgan fingerprint density at radius 3 is 2.68 bits per heavy atom. The maximum absolute atomic E-state index is 14.0. The van der Waals surface area contributed by atoms with Gasteiger partial charge < -0.3 is 10.6 Å². The van der Waals surface area contributed by atoms with Crippen LogP contribution in [0.15, 0.2) is 85.5 Å². The van der Waals surface area contributed by atoms with Gasteiger partial charge in [0.25, 0.3) is 17.4 Å². The number of carbonyl (C=O) groups is 2. The predicted octanol–water partition coefficient (Wildman–Crippen LogP) is 4.33. The second-order valence-electron chi connectivity index (χ2n) is 8.71. The lowest BCUT2D eigenvalue weighted by molar-refractivity contribution is -0.113. The summed E-state index contributed by atoms with van der Waals surface area (Å²) in [6.07, 6.45) is 0. The van der Waals surface area contributed by atoms with E-state index in [1.54, 1.807) is 17.6 Å². The minimum Gasteiger partial charge on any atom is -0.322 e. The Hall–Kier alpha value is -3.60. The molecule has 0 bridgehead atoms. The number of nitrogens with one attached hydrogen (secondary N) is 2. The van der Waals surface area contributed by atoms with Crippen LogP contribution in [0, 0.1) is 6.92 Å². The Kier molecular flexibility index (Phi) is 5.82. The molecule has 7 nitrogen and oxygen atoms in total. The number of carbonyl (C=O) groups excluding carboxylic acids is 2. The molecule has 0 saturated carbocycles. The fourth-order valence-electron chi connectivity index (χ4n) is 4.65. The molecule has 2 aliphatic rings. The number of anilines is 2. The summed E-state index contributed by atoms with van der Waals surface area (Å²) < 4.78 is 2.64. The number of nitrogens with zero attached hydrogens (tertiary/aromatic N) is 2. The van der Waals surface area contributed by atoms with Crippen molar-refractivity contribution in [2.75, 3.05) is 10.6 Å². The monoisotopic (exact) mass is 590 g/mol. The van der Waals surface area contributed by atoms with Gasteiger partial charge in [-0.15, -0.1) is 11.3 Å². The molecule has 1 atom stereocenters. The summed E-state index contributed by atoms with van der Waals surface area (Å²) in [5, 5.41) is 7.76. The SMILES string of the molecule is CC1=C(C(=O)Nc2ccccc2C)[C@@H](c2cccs2)n2c(s/c(=C3\C(=O)Nc4ccc(Br)cc43)c2=O)=N1. The minimum absolute atomic E-state index is 0.294. The number of hydrogen-bond acceptors (Lipinski definition) is 6. The van der Waals surface area contributed by atoms with Gasteiger partial charge >= 0.3 is 0 Å². The zero-order valence-corrected chi connectivity index (χ0v) is 22.9. The Labute approximate surface area is 227 Å². The second-order valence-corrected chi connectivity index (χ2v) is 11.6. The molecule has 6 rings (SSSR count). The van der Waals surface area contributed by atoms with Crippen LogP contribution in [0.3, 0.4) is 0 Å². The molecule has 0 saturated heterocycles. The van der Waals surface area contributed by atoms with Crippen molar-refractivity contribution in [2.24, 2.45) is 4.99 Å². The average Bonchev–Trinajstić information content (AvgIpc) is 3.57. The topological polar surface area (TPSA) is 92.6 Å². The molecule has 0 fully saturated rings. The molecular formula is C27H19BrN4O3S2. The molecule has 2 aliphatic heterocycles. The fraction of sp³-hybridized carbons (Fsp3) is 0.111. The van der Waals surface area contributed by atoms with Crippen molar-refractivity contribution in [3.05, 3.63) is 111 Å². The lowest BCUT2D eigenvalue weighted by atomic mass is 10.0. The van der Waals surface area contributed by atoms with Gasteiger partial charge in [-0.05, 0) is 55.1 Å². The third-order valence-corrected chi connectivity index (χ3v) is 8.87. The highest BCUT2D eigenvalue weighted by molar-refractivity contribution is 9.10. The fourth-order valence-corrected chi connectivity index (χ4v) is 6.97. The number of hydrogen-bond donors (Lipinski definition) is 2. The van der Waals surface area contributed by atoms with E-state index < -0.39 is 6.04 Å². The third kappa shape index (κ3) is 3.92. The molecule has 0 aliphatic carbocycles. The van der Waals surface area contributed by atoms with E-state index >= 15 is 0 Å². The summed E-state index contributed by atoms with van der Waals surface area (Å²) in [5.74, 6) is -0.654. The molecule has 2 aromatic carbocycles. The van der Waals surface area contributed by atoms with Crippen molar-refractivity contribution in [1.82, 2.24) is 4.57 Å². The van der Waals surface area contributed by atoms with Crippen LogP contribution in [0.5, 0.6) is 0 Å². The van der Waals surface area contributed by atoms with Gasteiger partial charge in [0.2, 0.25) is 0 Å². The van der Waals surface area contributed by atoms with Crippen LogP contribution < -0.4 is 25.5 Å². The largest absolute Gasteiger partial charge is 0.322 e. The second kappa shape index (κ2) is 9.05. The molecule has 0 radical (unpaired) electrons. The van der Waals surface area contributed by atoms with Crippen LogP contribution in [0.25, 0.3) is 5.57 Å². The van der Waals surface area contributed by atoms with Gasteiger partial charge in [0.05, 0.1) is 16.8 Å². The summed E-state index contributed by atoms with van der Waals surface area (Å²) in [5.41, 5.74) is 3.82. The Morgan fingerprint density at radius 1 is 1.11 bits per heavy atom. The van der Waals surface area contributed by atoms with Crippen LogP contribution in [0.2, 0.25) is 0 Å². The summed E-state index contributed by atoms with van der Waals surface area (Å²) >= 11 is 6.09. The highest BCUT2D eigenvalue weighted by Gasteiger charge is 2.35. The van der Waals surface area contributed by atoms with Crippen molar-refractivity contribution in [1.29, 1.82) is 0 Å². The van der Waals surface area contributed by atoms with Gasteiger partial charge in [-0.25, -0.2) is 4.99 Å². The first-order valence-corrected chi connectivity index (χ1v) is 13.9. The number of rotatable bonds is 3. The number of benzene rings is 2. The summed E-state index contributed by atoms with van der Waals surface area (Å²) in [4.78, 5) is 46.6. The number of thiazole rings is 1. The zero-order valence-electron chi connectivity index (χ0n) is 19.7. The number of thiophene rings is 1. The van der Waals surface area contributed by atoms with Crippen molar-refractivity contribution < 1.29 is 9.59 Å². The van der Waals surface area contributed by atoms with Crippen LogP contribution in [-0.2, 0) is 9.59 Å². The normalized spacial score (nSPS) is 17.7. The smallest absolute Gasteiger partial charge is 0.272 e. The van der Waals surface area contributed by atoms with Crippen LogP contribution in [-0.4, -0.2) is 16.4 Å². The van der Waals surface area contributed by atoms with E-state index in [9.17, 15) is 14.4 Å². The lowest BCUT2D eigenvalue weighted by Gasteiger charge is -2.24. The predicted molar refractivity (Wildman–Crippen MR) is 150 cm³/mol. The number of aromatic nitrogens is 1. The molecule has 2 amide bonds. The molecule has 2 N–H and O–H groups in total. The van der Waals surface area contributed by atoms with E-state index in [-0.39, 0.29) is 17.4 Å². The highest BCUT2D eigenvalue weighted by atomic mass is 79.9. The van der Waals surface area contributed by atoms with E-state index in [1.807, 2.05) is 60.8 Å². The van der Waals surface area contributed by atoms with Crippen molar-refractivity contribution >= 4 is 67.4 Å². The van der Waals surface area contributed by atoms with Gasteiger partial charge in [-0.2, -0.15) is 0 Å². The molecule has 4 heterocycles. The maximum atomic E-state index is 14.0. The standard InChI is InChI=1S/C27H19BrN4O3S2/c1-13-6-3-4-7-17(13)30-24(33)20-14(2)29-27-32(22(20)19-8-5-11-36-19)26(35)23(37-27)21-16-12-15(28)9-10-18(16)31-25(21)34/h3-12,22H,1-2H3,(H,30,33)(H,31,34)/b23-21-/t22-/m1/s1. The van der Waals surface area contributed by atoms with Crippen molar-refractivity contribution in [3.63, 3.8) is 0 Å². The third-order valence-electron chi connectivity index (χ3n) is 6.40. The lowest BCUT2D eigenvalue weighted by Crippen LogP contribution is -2.41. The van der Waals surface area contributed by atoms with E-state index in [0.717, 1.165) is 14.9 Å². The van der Waals surface area contributed by atoms with E-state index in [1.165, 1.54) is 22.7 Å². The summed E-state index contributed by atoms with van der Waals surface area (Å²) in [6, 6.07) is 16.1. The number of allylic oxidation sites excluding steroid dienone is 1. The number of fused-ring (bicyclic) bond motifs is 2. The summed E-state index contributed by atoms with van der Waals surface area (Å²) in [7, 11) is 0. The van der Waals surface area contributed by atoms with Crippen molar-refractivity contribution in [3.8, 4) is 0 Å². The Morgan fingerprint density at radius 2 is 1.92 bits per heavy atom. The molecule has 2 aromatic heterocycles. The van der Waals surface area contributed by atoms with Crippen LogP contribution in [0.4, 0.5) is 11.4 Å². The van der Waals surface area contributed by atoms with Crippen molar-refractivity contribution in [2.45, 2.75) is 19.9 Å². The number of para-hydroxylation sites is 1. The molecule has 184 valence electrons. The maximum Gasteiger partial charge on any atom is 0.272 e. The molecule has 10 heteroatoms. The van der Waals surface area contributed by atoms with Gasteiger partial charge in [-0.1, -0.05) is 51.5 Å². The first kappa shape index (κ1) is 23.8. The quantitative estimate of drug-likeness (QED) is 0.372. The van der Waals surface area contributed by atoms with Gasteiger partial charge in [0, 0.05) is 26.3 Å². The average molecular weight is 592 g/mol. The molecule has 0 spiro atoms. The number of aryl methyl sites for hydroxylation is 1. The van der Waals surface area contributed by atoms with Gasteiger partial charge in [0.15, 0.2) is 4.80 Å². The Bertz CT molecular complexity index is 1830. The van der Waals surface area contributed by atoms with E-state index in [2.05, 4.69) is 31.6 Å². The van der Waals surface area contributed by atoms with E-state index in [0.29, 0.717) is 43.1 Å². The zero-order chi connectivity index (χ0) is 25.8. The van der Waals surface area contributed by atoms with Crippen LogP contribution in [0.1, 0.15) is 29.0 Å². The molecule has 0 unspecified atom stereocenters. The first-order chi connectivity index (χ1) is 17.8. The minimum atomic E-state index is -0.666. The van der Waals surface area contributed by atoms with Gasteiger partial charge in [-0.3, -0.25) is 19.0 Å². The number of halogens is 1. The summed E-state index contributed by atoms with van der Waals surface area (Å²) in [6.45, 7) is 3.70. The van der Waals surface area contributed by atoms with Crippen LogP contribution >= 0.6 is 38.6 Å². The highest BCUT2D eigenvalue weighted by Crippen LogP contribution is 2.35. The Balaban J connectivity index is 1.56. The first-order valence-electron chi connectivity index (χ1n) is 11.4. The van der Waals surface area contributed by atoms with E-state index in [4.69, 9.17) is 0 Å². The van der Waals surface area contributed by atoms with Gasteiger partial charge in [0.1, 0.15) is 10.6 Å². The molecule has 37 heavy (non-hydrogen) atoms. The molecule has 4 aromatic rings. The number of amides is 2. The molecular weight excluding hydrogens is 572 g/mol.